The Kier molecular flexibility index (Phi) is 8.06. The number of quaternary nitrogens is 1. The highest BCUT2D eigenvalue weighted by atomic mass is 35.5. The van der Waals surface area contributed by atoms with Crippen molar-refractivity contribution in [1.82, 2.24) is 5.32 Å². The van der Waals surface area contributed by atoms with E-state index in [9.17, 15) is 14.4 Å². The molecule has 2 rings (SSSR count). The Morgan fingerprint density at radius 3 is 2.59 bits per heavy atom. The fraction of sp³-hybridized carbons (Fsp3) is 0.526. The van der Waals surface area contributed by atoms with Gasteiger partial charge in [-0.15, -0.1) is 0 Å². The van der Waals surface area contributed by atoms with Gasteiger partial charge in [-0.05, 0) is 31.5 Å². The Morgan fingerprint density at radius 2 is 1.93 bits per heavy atom. The number of likely N-dealkylation sites (tertiary alicyclic amines) is 1. The number of ether oxygens (including phenoxy) is 1. The number of hydrogen-bond acceptors (Lipinski definition) is 4. The summed E-state index contributed by atoms with van der Waals surface area (Å²) in [6, 6.07) is 5.27. The molecule has 0 saturated carbocycles. The second-order valence-electron chi connectivity index (χ2n) is 6.69. The molecule has 27 heavy (non-hydrogen) atoms. The van der Waals surface area contributed by atoms with Crippen LogP contribution in [0.5, 0.6) is 0 Å². The average Bonchev–Trinajstić information content (AvgIpc) is 2.64. The Labute approximate surface area is 164 Å². The molecule has 0 atom stereocenters. The molecule has 0 radical (unpaired) electrons. The lowest BCUT2D eigenvalue weighted by atomic mass is 9.97. The summed E-state index contributed by atoms with van der Waals surface area (Å²) in [5.74, 6) is -0.695. The molecule has 0 aromatic heterocycles. The number of esters is 1. The van der Waals surface area contributed by atoms with Crippen molar-refractivity contribution >= 4 is 35.1 Å². The molecular formula is C19H27ClN3O4+. The smallest absolute Gasteiger partial charge is 0.309 e. The van der Waals surface area contributed by atoms with Gasteiger partial charge in [-0.3, -0.25) is 14.4 Å². The summed E-state index contributed by atoms with van der Waals surface area (Å²) < 4.78 is 5.05. The molecule has 1 saturated heterocycles. The predicted molar refractivity (Wildman–Crippen MR) is 103 cm³/mol. The summed E-state index contributed by atoms with van der Waals surface area (Å²) in [6.07, 6.45) is 1.44. The van der Waals surface area contributed by atoms with E-state index >= 15 is 0 Å². The standard InChI is InChI=1S/C19H26ClN3O4/c1-3-27-19(26)14-7-9-23(10-8-14)12-18(25)21-11-17(24)22-16-6-4-5-15(20)13(16)2/h4-6,14H,3,7-12H2,1-2H3,(H,21,25)(H,22,24)/p+1. The quantitative estimate of drug-likeness (QED) is 0.587. The number of anilines is 1. The molecule has 2 amide bonds. The van der Waals surface area contributed by atoms with Crippen molar-refractivity contribution in [1.29, 1.82) is 0 Å². The molecule has 1 aromatic carbocycles. The molecule has 0 aliphatic carbocycles. The van der Waals surface area contributed by atoms with E-state index in [1.54, 1.807) is 25.1 Å². The van der Waals surface area contributed by atoms with E-state index in [0.29, 0.717) is 23.9 Å². The van der Waals surface area contributed by atoms with Crippen molar-refractivity contribution in [3.8, 4) is 0 Å². The lowest BCUT2D eigenvalue weighted by molar-refractivity contribution is -0.897. The summed E-state index contributed by atoms with van der Waals surface area (Å²) in [5, 5.41) is 5.96. The van der Waals surface area contributed by atoms with Gasteiger partial charge in [-0.25, -0.2) is 0 Å². The van der Waals surface area contributed by atoms with Crippen molar-refractivity contribution in [2.45, 2.75) is 26.7 Å². The van der Waals surface area contributed by atoms with Crippen LogP contribution in [-0.4, -0.2) is 50.6 Å². The fourth-order valence-corrected chi connectivity index (χ4v) is 3.28. The zero-order valence-electron chi connectivity index (χ0n) is 15.8. The third-order valence-electron chi connectivity index (χ3n) is 4.71. The summed E-state index contributed by atoms with van der Waals surface area (Å²) in [4.78, 5) is 37.0. The Balaban J connectivity index is 1.70. The molecular weight excluding hydrogens is 370 g/mol. The monoisotopic (exact) mass is 396 g/mol. The minimum atomic E-state index is -0.301. The number of halogens is 1. The van der Waals surface area contributed by atoms with Gasteiger partial charge < -0.3 is 20.3 Å². The fourth-order valence-electron chi connectivity index (χ4n) is 3.10. The van der Waals surface area contributed by atoms with Crippen molar-refractivity contribution in [2.24, 2.45) is 5.92 Å². The molecule has 3 N–H and O–H groups in total. The SMILES string of the molecule is CCOC(=O)C1CC[NH+](CC(=O)NCC(=O)Nc2cccc(Cl)c2C)CC1. The van der Waals surface area contributed by atoms with Crippen LogP contribution in [0.15, 0.2) is 18.2 Å². The molecule has 0 spiro atoms. The predicted octanol–water partition coefficient (Wildman–Crippen LogP) is 0.561. The number of hydrogen-bond donors (Lipinski definition) is 3. The normalized spacial score (nSPS) is 19.2. The third-order valence-corrected chi connectivity index (χ3v) is 5.12. The molecule has 7 nitrogen and oxygen atoms in total. The van der Waals surface area contributed by atoms with Gasteiger partial charge in [-0.1, -0.05) is 17.7 Å². The van der Waals surface area contributed by atoms with E-state index in [4.69, 9.17) is 16.3 Å². The maximum absolute atomic E-state index is 12.1. The summed E-state index contributed by atoms with van der Waals surface area (Å²) in [6.45, 7) is 5.69. The lowest BCUT2D eigenvalue weighted by Crippen LogP contribution is -3.14. The highest BCUT2D eigenvalue weighted by molar-refractivity contribution is 6.31. The molecule has 1 aliphatic heterocycles. The maximum atomic E-state index is 12.1. The molecule has 1 aromatic rings. The molecule has 1 heterocycles. The Hall–Kier alpha value is -2.12. The maximum Gasteiger partial charge on any atom is 0.309 e. The number of carbonyl (C=O) groups excluding carboxylic acids is 3. The van der Waals surface area contributed by atoms with Crippen molar-refractivity contribution < 1.29 is 24.0 Å². The van der Waals surface area contributed by atoms with Crippen LogP contribution >= 0.6 is 11.6 Å². The van der Waals surface area contributed by atoms with E-state index in [1.807, 2.05) is 6.92 Å². The van der Waals surface area contributed by atoms with Crippen LogP contribution in [0.4, 0.5) is 5.69 Å². The van der Waals surface area contributed by atoms with E-state index < -0.39 is 0 Å². The van der Waals surface area contributed by atoms with Gasteiger partial charge in [0, 0.05) is 23.6 Å². The van der Waals surface area contributed by atoms with Gasteiger partial charge in [0.1, 0.15) is 0 Å². The highest BCUT2D eigenvalue weighted by Crippen LogP contribution is 2.22. The minimum absolute atomic E-state index is 0.0662. The first-order chi connectivity index (χ1) is 12.9. The van der Waals surface area contributed by atoms with Crippen LogP contribution in [-0.2, 0) is 19.1 Å². The third kappa shape index (κ3) is 6.52. The number of amides is 2. The van der Waals surface area contributed by atoms with E-state index in [0.717, 1.165) is 36.4 Å². The van der Waals surface area contributed by atoms with E-state index in [-0.39, 0.29) is 30.2 Å². The Morgan fingerprint density at radius 1 is 1.22 bits per heavy atom. The van der Waals surface area contributed by atoms with Gasteiger partial charge in [0.05, 0.1) is 32.2 Å². The molecule has 1 fully saturated rings. The first-order valence-corrected chi connectivity index (χ1v) is 9.60. The second-order valence-corrected chi connectivity index (χ2v) is 7.10. The molecule has 1 aliphatic rings. The topological polar surface area (TPSA) is 88.9 Å². The average molecular weight is 397 g/mol. The zero-order chi connectivity index (χ0) is 19.8. The molecule has 148 valence electrons. The number of piperidine rings is 1. The van der Waals surface area contributed by atoms with Crippen molar-refractivity contribution in [2.75, 3.05) is 38.1 Å². The highest BCUT2D eigenvalue weighted by Gasteiger charge is 2.29. The summed E-state index contributed by atoms with van der Waals surface area (Å²) in [7, 11) is 0. The molecule has 0 bridgehead atoms. The summed E-state index contributed by atoms with van der Waals surface area (Å²) >= 11 is 6.03. The van der Waals surface area contributed by atoms with E-state index in [2.05, 4.69) is 10.6 Å². The first-order valence-electron chi connectivity index (χ1n) is 9.22. The van der Waals surface area contributed by atoms with Gasteiger partial charge in [-0.2, -0.15) is 0 Å². The molecule has 8 heteroatoms. The van der Waals surface area contributed by atoms with Crippen LogP contribution in [0.1, 0.15) is 25.3 Å². The van der Waals surface area contributed by atoms with E-state index in [1.165, 1.54) is 0 Å². The number of carbonyl (C=O) groups is 3. The number of benzene rings is 1. The number of nitrogens with one attached hydrogen (secondary N) is 3. The number of rotatable bonds is 7. The van der Waals surface area contributed by atoms with Gasteiger partial charge in [0.15, 0.2) is 6.54 Å². The van der Waals surface area contributed by atoms with Crippen LogP contribution in [0.25, 0.3) is 0 Å². The van der Waals surface area contributed by atoms with Gasteiger partial charge >= 0.3 is 5.97 Å². The Bertz CT molecular complexity index is 688. The van der Waals surface area contributed by atoms with Crippen LogP contribution in [0, 0.1) is 12.8 Å². The lowest BCUT2D eigenvalue weighted by Gasteiger charge is -2.27. The zero-order valence-corrected chi connectivity index (χ0v) is 16.5. The minimum Gasteiger partial charge on any atom is -0.466 e. The largest absolute Gasteiger partial charge is 0.466 e. The van der Waals surface area contributed by atoms with Gasteiger partial charge in [0.25, 0.3) is 5.91 Å². The van der Waals surface area contributed by atoms with Gasteiger partial charge in [0.2, 0.25) is 5.91 Å². The molecule has 0 unspecified atom stereocenters. The first kappa shape index (κ1) is 21.2. The van der Waals surface area contributed by atoms with Crippen LogP contribution < -0.4 is 15.5 Å². The van der Waals surface area contributed by atoms with Crippen molar-refractivity contribution in [3.63, 3.8) is 0 Å². The van der Waals surface area contributed by atoms with Crippen LogP contribution in [0.3, 0.4) is 0 Å². The second kappa shape index (κ2) is 10.3. The summed E-state index contributed by atoms with van der Waals surface area (Å²) in [5.41, 5.74) is 1.42. The van der Waals surface area contributed by atoms with Crippen LogP contribution in [0.2, 0.25) is 5.02 Å². The van der Waals surface area contributed by atoms with Crippen molar-refractivity contribution in [3.05, 3.63) is 28.8 Å².